The molecule has 0 atom stereocenters. The molecule has 1 heterocycles. The first-order valence-corrected chi connectivity index (χ1v) is 6.32. The van der Waals surface area contributed by atoms with Crippen molar-refractivity contribution in [3.63, 3.8) is 0 Å². The topological polar surface area (TPSA) is 59.3 Å². The van der Waals surface area contributed by atoms with Crippen LogP contribution in [0, 0.1) is 3.57 Å². The Morgan fingerprint density at radius 2 is 2.17 bits per heavy atom. The van der Waals surface area contributed by atoms with Gasteiger partial charge in [0.25, 0.3) is 5.91 Å². The van der Waals surface area contributed by atoms with Gasteiger partial charge in [0.1, 0.15) is 0 Å². The summed E-state index contributed by atoms with van der Waals surface area (Å²) in [6.07, 6.45) is 3.37. The molecule has 0 radical (unpaired) electrons. The number of amides is 1. The highest BCUT2D eigenvalue weighted by Gasteiger charge is 2.12. The van der Waals surface area contributed by atoms with Gasteiger partial charge in [-0.15, -0.1) is 0 Å². The Bertz CT molecular complexity index is 577. The maximum atomic E-state index is 11.8. The lowest BCUT2D eigenvalue weighted by molar-refractivity contribution is 0.0948. The van der Waals surface area contributed by atoms with Crippen LogP contribution >= 0.6 is 22.6 Å². The lowest BCUT2D eigenvalue weighted by atomic mass is 10.2. The third-order valence-electron chi connectivity index (χ3n) is 2.18. The summed E-state index contributed by atoms with van der Waals surface area (Å²) in [4.78, 5) is 11.8. The first kappa shape index (κ1) is 12.7. The van der Waals surface area contributed by atoms with E-state index in [0.29, 0.717) is 5.69 Å². The lowest BCUT2D eigenvalue weighted by Crippen LogP contribution is -2.19. The van der Waals surface area contributed by atoms with Crippen molar-refractivity contribution in [2.24, 2.45) is 12.1 Å². The summed E-state index contributed by atoms with van der Waals surface area (Å²) in [6, 6.07) is 9.54. The van der Waals surface area contributed by atoms with Gasteiger partial charge in [-0.2, -0.15) is 10.2 Å². The van der Waals surface area contributed by atoms with Crippen LogP contribution in [0.25, 0.3) is 0 Å². The van der Waals surface area contributed by atoms with Crippen molar-refractivity contribution in [1.29, 1.82) is 0 Å². The summed E-state index contributed by atoms with van der Waals surface area (Å²) in [6.45, 7) is 0. The number of hydrogen-bond acceptors (Lipinski definition) is 3. The Hall–Kier alpha value is -1.70. The van der Waals surface area contributed by atoms with Gasteiger partial charge in [0.05, 0.1) is 9.78 Å². The van der Waals surface area contributed by atoms with Crippen molar-refractivity contribution < 1.29 is 4.79 Å². The molecule has 92 valence electrons. The van der Waals surface area contributed by atoms with E-state index >= 15 is 0 Å². The van der Waals surface area contributed by atoms with Gasteiger partial charge in [-0.1, -0.05) is 30.3 Å². The molecule has 2 rings (SSSR count). The summed E-state index contributed by atoms with van der Waals surface area (Å²) in [5, 5.41) is 7.95. The van der Waals surface area contributed by atoms with E-state index in [0.717, 1.165) is 9.13 Å². The van der Waals surface area contributed by atoms with E-state index in [4.69, 9.17) is 0 Å². The van der Waals surface area contributed by atoms with E-state index in [1.807, 2.05) is 30.3 Å². The van der Waals surface area contributed by atoms with Gasteiger partial charge in [-0.05, 0) is 28.2 Å². The van der Waals surface area contributed by atoms with E-state index in [9.17, 15) is 4.79 Å². The van der Waals surface area contributed by atoms with Crippen molar-refractivity contribution >= 4 is 34.7 Å². The van der Waals surface area contributed by atoms with E-state index < -0.39 is 0 Å². The zero-order chi connectivity index (χ0) is 13.0. The fourth-order valence-corrected chi connectivity index (χ4v) is 2.13. The smallest absolute Gasteiger partial charge is 0.274 e. The molecule has 0 saturated carbocycles. The highest BCUT2D eigenvalue weighted by atomic mass is 127. The number of aromatic nitrogens is 2. The average molecular weight is 354 g/mol. The Morgan fingerprint density at radius 3 is 2.78 bits per heavy atom. The quantitative estimate of drug-likeness (QED) is 0.519. The summed E-state index contributed by atoms with van der Waals surface area (Å²) >= 11 is 2.06. The summed E-state index contributed by atoms with van der Waals surface area (Å²) in [5.41, 5.74) is 3.75. The zero-order valence-corrected chi connectivity index (χ0v) is 11.8. The maximum Gasteiger partial charge on any atom is 0.292 e. The summed E-state index contributed by atoms with van der Waals surface area (Å²) in [5.74, 6) is -0.313. The van der Waals surface area contributed by atoms with Gasteiger partial charge < -0.3 is 0 Å². The van der Waals surface area contributed by atoms with Crippen LogP contribution in [0.1, 0.15) is 16.1 Å². The van der Waals surface area contributed by atoms with Crippen LogP contribution in [-0.4, -0.2) is 21.9 Å². The van der Waals surface area contributed by atoms with Crippen LogP contribution in [0.15, 0.2) is 41.6 Å². The van der Waals surface area contributed by atoms with Crippen LogP contribution < -0.4 is 5.43 Å². The minimum atomic E-state index is -0.313. The second kappa shape index (κ2) is 5.76. The second-order valence-electron chi connectivity index (χ2n) is 3.61. The number of aryl methyl sites for hydroxylation is 1. The normalized spacial score (nSPS) is 10.8. The molecule has 1 amide bonds. The first-order chi connectivity index (χ1) is 8.66. The molecule has 0 unspecified atom stereocenters. The van der Waals surface area contributed by atoms with Gasteiger partial charge in [-0.3, -0.25) is 9.48 Å². The molecule has 1 N–H and O–H groups in total. The molecule has 1 aromatic heterocycles. The van der Waals surface area contributed by atoms with E-state index in [1.165, 1.54) is 0 Å². The fraction of sp³-hybridized carbons (Fsp3) is 0.0833. The predicted molar refractivity (Wildman–Crippen MR) is 77.4 cm³/mol. The Balaban J connectivity index is 2.01. The number of nitrogens with zero attached hydrogens (tertiary/aromatic N) is 3. The second-order valence-corrected chi connectivity index (χ2v) is 4.77. The molecule has 6 heteroatoms. The molecule has 0 aliphatic heterocycles. The van der Waals surface area contributed by atoms with Gasteiger partial charge in [-0.25, -0.2) is 5.43 Å². The number of carbonyl (C=O) groups is 1. The monoisotopic (exact) mass is 354 g/mol. The highest BCUT2D eigenvalue weighted by molar-refractivity contribution is 14.1. The predicted octanol–water partition coefficient (Wildman–Crippen LogP) is 1.79. The van der Waals surface area contributed by atoms with E-state index in [-0.39, 0.29) is 5.91 Å². The Kier molecular flexibility index (Phi) is 4.08. The molecule has 0 bridgehead atoms. The van der Waals surface area contributed by atoms with Crippen molar-refractivity contribution in [3.05, 3.63) is 51.4 Å². The Morgan fingerprint density at radius 1 is 1.44 bits per heavy atom. The van der Waals surface area contributed by atoms with Gasteiger partial charge in [0, 0.05) is 13.2 Å². The zero-order valence-electron chi connectivity index (χ0n) is 9.67. The third-order valence-corrected chi connectivity index (χ3v) is 2.97. The largest absolute Gasteiger partial charge is 0.292 e. The number of hydrogen-bond donors (Lipinski definition) is 1. The minimum absolute atomic E-state index is 0.313. The maximum absolute atomic E-state index is 11.8. The first-order valence-electron chi connectivity index (χ1n) is 5.24. The van der Waals surface area contributed by atoms with Crippen molar-refractivity contribution in [1.82, 2.24) is 15.2 Å². The molecule has 0 aliphatic rings. The standard InChI is InChI=1S/C12H11IN4O/c1-17-8-10(13)11(16-17)12(18)15-14-7-9-5-3-2-4-6-9/h2-8H,1H3,(H,15,18)/b14-7-. The molecule has 5 nitrogen and oxygen atoms in total. The van der Waals surface area contributed by atoms with E-state index in [1.54, 1.807) is 24.1 Å². The number of carbonyl (C=O) groups excluding carboxylic acids is 1. The molecular formula is C12H11IN4O. The average Bonchev–Trinajstić information content (AvgIpc) is 2.70. The Labute approximate surface area is 118 Å². The molecule has 0 saturated heterocycles. The number of hydrazone groups is 1. The van der Waals surface area contributed by atoms with Crippen LogP contribution in [0.3, 0.4) is 0 Å². The number of rotatable bonds is 3. The number of halogens is 1. The van der Waals surface area contributed by atoms with Gasteiger partial charge >= 0.3 is 0 Å². The molecule has 0 spiro atoms. The van der Waals surface area contributed by atoms with E-state index in [2.05, 4.69) is 38.2 Å². The molecule has 0 fully saturated rings. The van der Waals surface area contributed by atoms with Crippen LogP contribution in [0.5, 0.6) is 0 Å². The van der Waals surface area contributed by atoms with Crippen molar-refractivity contribution in [2.45, 2.75) is 0 Å². The number of nitrogens with one attached hydrogen (secondary N) is 1. The van der Waals surface area contributed by atoms with Crippen LogP contribution in [-0.2, 0) is 7.05 Å². The SMILES string of the molecule is Cn1cc(I)c(C(=O)N/N=C\c2ccccc2)n1. The molecule has 1 aromatic carbocycles. The molecule has 18 heavy (non-hydrogen) atoms. The third kappa shape index (κ3) is 3.16. The highest BCUT2D eigenvalue weighted by Crippen LogP contribution is 2.08. The summed E-state index contributed by atoms with van der Waals surface area (Å²) in [7, 11) is 1.77. The number of benzene rings is 1. The molecular weight excluding hydrogens is 343 g/mol. The minimum Gasteiger partial charge on any atom is -0.274 e. The van der Waals surface area contributed by atoms with Crippen LogP contribution in [0.4, 0.5) is 0 Å². The van der Waals surface area contributed by atoms with Crippen molar-refractivity contribution in [2.75, 3.05) is 0 Å². The van der Waals surface area contributed by atoms with Gasteiger partial charge in [0.2, 0.25) is 0 Å². The van der Waals surface area contributed by atoms with Crippen molar-refractivity contribution in [3.8, 4) is 0 Å². The molecule has 0 aliphatic carbocycles. The summed E-state index contributed by atoms with van der Waals surface area (Å²) < 4.78 is 2.39. The van der Waals surface area contributed by atoms with Crippen LogP contribution in [0.2, 0.25) is 0 Å². The molecule has 2 aromatic rings. The van der Waals surface area contributed by atoms with Gasteiger partial charge in [0.15, 0.2) is 5.69 Å². The lowest BCUT2D eigenvalue weighted by Gasteiger charge is -1.96. The fourth-order valence-electron chi connectivity index (χ4n) is 1.37.